The second-order valence-electron chi connectivity index (χ2n) is 4.93. The van der Waals surface area contributed by atoms with Gasteiger partial charge in [0.15, 0.2) is 0 Å². The molecule has 17 heavy (non-hydrogen) atoms. The third-order valence-electron chi connectivity index (χ3n) is 3.72. The van der Waals surface area contributed by atoms with Gasteiger partial charge in [-0.2, -0.15) is 0 Å². The topological polar surface area (TPSA) is 9.23 Å². The first-order valence-electron chi connectivity index (χ1n) is 6.62. The third kappa shape index (κ3) is 3.53. The van der Waals surface area contributed by atoms with E-state index < -0.39 is 0 Å². The monoisotopic (exact) mass is 236 g/mol. The summed E-state index contributed by atoms with van der Waals surface area (Å²) in [4.78, 5) is 0. The van der Waals surface area contributed by atoms with E-state index in [0.29, 0.717) is 11.8 Å². The van der Waals surface area contributed by atoms with Crippen molar-refractivity contribution in [1.29, 1.82) is 0 Å². The molecular formula is C15H21FO. The lowest BCUT2D eigenvalue weighted by atomic mass is 9.79. The Morgan fingerprint density at radius 3 is 2.65 bits per heavy atom. The fourth-order valence-corrected chi connectivity index (χ4v) is 2.71. The molecule has 94 valence electrons. The molecule has 0 unspecified atom stereocenters. The first kappa shape index (κ1) is 12.6. The maximum Gasteiger partial charge on any atom is 0.123 e. The van der Waals surface area contributed by atoms with Crippen LogP contribution in [0.2, 0.25) is 0 Å². The van der Waals surface area contributed by atoms with Crippen molar-refractivity contribution in [3.8, 4) is 0 Å². The van der Waals surface area contributed by atoms with Crippen LogP contribution in [-0.2, 0) is 4.74 Å². The summed E-state index contributed by atoms with van der Waals surface area (Å²) in [5.74, 6) is 1.14. The fraction of sp³-hybridized carbons (Fsp3) is 0.600. The van der Waals surface area contributed by atoms with Crippen LogP contribution in [0.25, 0.3) is 0 Å². The highest BCUT2D eigenvalue weighted by molar-refractivity contribution is 5.21. The Kier molecular flexibility index (Phi) is 4.55. The molecule has 0 amide bonds. The van der Waals surface area contributed by atoms with Crippen LogP contribution in [0, 0.1) is 11.7 Å². The van der Waals surface area contributed by atoms with Crippen LogP contribution in [-0.4, -0.2) is 13.2 Å². The first-order chi connectivity index (χ1) is 8.29. The van der Waals surface area contributed by atoms with E-state index >= 15 is 0 Å². The molecule has 2 heteroatoms. The summed E-state index contributed by atoms with van der Waals surface area (Å²) < 4.78 is 18.6. The van der Waals surface area contributed by atoms with E-state index in [2.05, 4.69) is 6.07 Å². The van der Waals surface area contributed by atoms with E-state index in [1.54, 1.807) is 6.07 Å². The summed E-state index contributed by atoms with van der Waals surface area (Å²) in [6.45, 7) is 3.74. The van der Waals surface area contributed by atoms with Crippen LogP contribution in [0.15, 0.2) is 24.3 Å². The second-order valence-corrected chi connectivity index (χ2v) is 4.93. The van der Waals surface area contributed by atoms with Crippen molar-refractivity contribution in [1.82, 2.24) is 0 Å². The van der Waals surface area contributed by atoms with Crippen LogP contribution in [0.3, 0.4) is 0 Å². The molecule has 1 fully saturated rings. The minimum Gasteiger partial charge on any atom is -0.381 e. The Morgan fingerprint density at radius 1 is 1.24 bits per heavy atom. The van der Waals surface area contributed by atoms with Crippen molar-refractivity contribution in [3.05, 3.63) is 35.6 Å². The van der Waals surface area contributed by atoms with E-state index in [0.717, 1.165) is 13.2 Å². The maximum atomic E-state index is 13.1. The quantitative estimate of drug-likeness (QED) is 0.763. The van der Waals surface area contributed by atoms with Gasteiger partial charge in [0.2, 0.25) is 0 Å². The van der Waals surface area contributed by atoms with Gasteiger partial charge in [0.1, 0.15) is 5.82 Å². The Hall–Kier alpha value is -0.890. The van der Waals surface area contributed by atoms with Gasteiger partial charge < -0.3 is 4.74 Å². The van der Waals surface area contributed by atoms with Crippen molar-refractivity contribution < 1.29 is 9.13 Å². The third-order valence-corrected chi connectivity index (χ3v) is 3.72. The summed E-state index contributed by atoms with van der Waals surface area (Å²) in [5, 5.41) is 0. The molecule has 1 aromatic rings. The molecular weight excluding hydrogens is 215 g/mol. The SMILES string of the molecule is CCOCC1CCC(c2cccc(F)c2)CC1. The smallest absolute Gasteiger partial charge is 0.123 e. The fourth-order valence-electron chi connectivity index (χ4n) is 2.71. The molecule has 1 aliphatic carbocycles. The molecule has 0 spiro atoms. The average molecular weight is 236 g/mol. The van der Waals surface area contributed by atoms with Gasteiger partial charge in [-0.15, -0.1) is 0 Å². The lowest BCUT2D eigenvalue weighted by Crippen LogP contribution is -2.17. The van der Waals surface area contributed by atoms with Gasteiger partial charge in [-0.3, -0.25) is 0 Å². The molecule has 0 aliphatic heterocycles. The Labute approximate surface area is 103 Å². The molecule has 1 aromatic carbocycles. The molecule has 1 nitrogen and oxygen atoms in total. The van der Waals surface area contributed by atoms with Gasteiger partial charge >= 0.3 is 0 Å². The molecule has 0 heterocycles. The number of hydrogen-bond acceptors (Lipinski definition) is 1. The molecule has 0 radical (unpaired) electrons. The molecule has 0 bridgehead atoms. The highest BCUT2D eigenvalue weighted by Gasteiger charge is 2.22. The Bertz CT molecular complexity index is 343. The number of halogens is 1. The lowest BCUT2D eigenvalue weighted by Gasteiger charge is -2.28. The van der Waals surface area contributed by atoms with Crippen LogP contribution >= 0.6 is 0 Å². The van der Waals surface area contributed by atoms with Gasteiger partial charge in [0.25, 0.3) is 0 Å². The summed E-state index contributed by atoms with van der Waals surface area (Å²) in [7, 11) is 0. The zero-order chi connectivity index (χ0) is 12.1. The minimum absolute atomic E-state index is 0.112. The number of benzene rings is 1. The highest BCUT2D eigenvalue weighted by Crippen LogP contribution is 2.35. The largest absolute Gasteiger partial charge is 0.381 e. The van der Waals surface area contributed by atoms with Crippen LogP contribution in [0.5, 0.6) is 0 Å². The summed E-state index contributed by atoms with van der Waals surface area (Å²) in [6.07, 6.45) is 4.75. The van der Waals surface area contributed by atoms with E-state index in [4.69, 9.17) is 4.74 Å². The molecule has 0 atom stereocenters. The minimum atomic E-state index is -0.112. The standard InChI is InChI=1S/C15H21FO/c1-2-17-11-12-6-8-13(9-7-12)14-4-3-5-15(16)10-14/h3-5,10,12-13H,2,6-9,11H2,1H3. The zero-order valence-electron chi connectivity index (χ0n) is 10.5. The Morgan fingerprint density at radius 2 is 2.00 bits per heavy atom. The van der Waals surface area contributed by atoms with Gasteiger partial charge in [0, 0.05) is 13.2 Å². The van der Waals surface area contributed by atoms with Crippen molar-refractivity contribution in [3.63, 3.8) is 0 Å². The van der Waals surface area contributed by atoms with Gasteiger partial charge in [-0.1, -0.05) is 12.1 Å². The molecule has 0 N–H and O–H groups in total. The van der Waals surface area contributed by atoms with Crippen molar-refractivity contribution in [2.75, 3.05) is 13.2 Å². The number of rotatable bonds is 4. The maximum absolute atomic E-state index is 13.1. The predicted octanol–water partition coefficient (Wildman–Crippen LogP) is 4.14. The van der Waals surface area contributed by atoms with E-state index in [9.17, 15) is 4.39 Å². The number of ether oxygens (including phenoxy) is 1. The first-order valence-corrected chi connectivity index (χ1v) is 6.62. The molecule has 0 saturated heterocycles. The van der Waals surface area contributed by atoms with Gasteiger partial charge in [-0.05, 0) is 62.1 Å². The molecule has 1 aliphatic rings. The van der Waals surface area contributed by atoms with Gasteiger partial charge in [-0.25, -0.2) is 4.39 Å². The molecule has 2 rings (SSSR count). The molecule has 0 aromatic heterocycles. The van der Waals surface area contributed by atoms with Gasteiger partial charge in [0.05, 0.1) is 0 Å². The Balaban J connectivity index is 1.86. The van der Waals surface area contributed by atoms with E-state index in [-0.39, 0.29) is 5.82 Å². The van der Waals surface area contributed by atoms with Crippen LogP contribution < -0.4 is 0 Å². The van der Waals surface area contributed by atoms with Crippen LogP contribution in [0.4, 0.5) is 4.39 Å². The highest BCUT2D eigenvalue weighted by atomic mass is 19.1. The van der Waals surface area contributed by atoms with Crippen molar-refractivity contribution >= 4 is 0 Å². The second kappa shape index (κ2) is 6.15. The summed E-state index contributed by atoms with van der Waals surface area (Å²) in [6, 6.07) is 7.07. The lowest BCUT2D eigenvalue weighted by molar-refractivity contribution is 0.0920. The van der Waals surface area contributed by atoms with E-state index in [1.165, 1.54) is 37.3 Å². The predicted molar refractivity (Wildman–Crippen MR) is 67.6 cm³/mol. The van der Waals surface area contributed by atoms with E-state index in [1.807, 2.05) is 13.0 Å². The normalized spacial score (nSPS) is 24.8. The zero-order valence-corrected chi connectivity index (χ0v) is 10.5. The average Bonchev–Trinajstić information content (AvgIpc) is 2.37. The molecule has 1 saturated carbocycles. The summed E-state index contributed by atoms with van der Waals surface area (Å²) in [5.41, 5.74) is 1.17. The van der Waals surface area contributed by atoms with Crippen LogP contribution in [0.1, 0.15) is 44.1 Å². The van der Waals surface area contributed by atoms with Crippen molar-refractivity contribution in [2.45, 2.75) is 38.5 Å². The number of hydrogen-bond donors (Lipinski definition) is 0. The summed E-state index contributed by atoms with van der Waals surface area (Å²) >= 11 is 0. The van der Waals surface area contributed by atoms with Crippen molar-refractivity contribution in [2.24, 2.45) is 5.92 Å².